The van der Waals surface area contributed by atoms with Gasteiger partial charge >= 0.3 is 6.03 Å². The lowest BCUT2D eigenvalue weighted by atomic mass is 9.82. The molecule has 1 fully saturated rings. The van der Waals surface area contributed by atoms with Crippen molar-refractivity contribution in [3.8, 4) is 0 Å². The van der Waals surface area contributed by atoms with E-state index < -0.39 is 6.03 Å². The lowest BCUT2D eigenvalue weighted by Gasteiger charge is -2.45. The Labute approximate surface area is 96.9 Å². The van der Waals surface area contributed by atoms with Gasteiger partial charge in [-0.25, -0.2) is 4.79 Å². The van der Waals surface area contributed by atoms with Crippen molar-refractivity contribution in [3.05, 3.63) is 0 Å². The van der Waals surface area contributed by atoms with Crippen molar-refractivity contribution in [1.82, 2.24) is 10.2 Å². The van der Waals surface area contributed by atoms with Crippen LogP contribution in [-0.2, 0) is 0 Å². The van der Waals surface area contributed by atoms with Crippen LogP contribution in [-0.4, -0.2) is 35.4 Å². The van der Waals surface area contributed by atoms with Crippen molar-refractivity contribution in [2.75, 3.05) is 6.54 Å². The molecule has 0 aromatic heterocycles. The Morgan fingerprint density at radius 1 is 1.75 bits per heavy atom. The van der Waals surface area contributed by atoms with Gasteiger partial charge in [0, 0.05) is 12.6 Å². The number of nitrogens with one attached hydrogen (secondary N) is 2. The van der Waals surface area contributed by atoms with Crippen molar-refractivity contribution in [2.45, 2.75) is 51.1 Å². The topological polar surface area (TPSA) is 82.2 Å². The first-order valence-electron chi connectivity index (χ1n) is 5.88. The first kappa shape index (κ1) is 13.0. The Bertz CT molecular complexity index is 259. The molecule has 1 aliphatic heterocycles. The minimum absolute atomic E-state index is 0.297. The molecule has 2 amide bonds. The van der Waals surface area contributed by atoms with Gasteiger partial charge in [0.15, 0.2) is 0 Å². The summed E-state index contributed by atoms with van der Waals surface area (Å²) in [6.07, 6.45) is 4.85. The van der Waals surface area contributed by atoms with Gasteiger partial charge < -0.3 is 11.1 Å². The third-order valence-corrected chi connectivity index (χ3v) is 3.42. The molecule has 0 aromatic carbocycles. The number of piperidine rings is 1. The highest BCUT2D eigenvalue weighted by Gasteiger charge is 2.39. The minimum Gasteiger partial charge on any atom is -0.351 e. The molecule has 0 saturated carbocycles. The Hall–Kier alpha value is -1.10. The highest BCUT2D eigenvalue weighted by molar-refractivity contribution is 5.85. The standard InChI is InChI=1S/C11H22N4O/c1-3-5-11(15(8-12)10(13)16)6-4-9(2)14-7-11/h8-9,12,14H,3-7H2,1-2H3,(H2,13,16)/t9?,11-/m0/s1. The molecule has 0 radical (unpaired) electrons. The largest absolute Gasteiger partial charge is 0.351 e. The van der Waals surface area contributed by atoms with E-state index in [0.29, 0.717) is 6.04 Å². The third-order valence-electron chi connectivity index (χ3n) is 3.42. The highest BCUT2D eigenvalue weighted by Crippen LogP contribution is 2.29. The van der Waals surface area contributed by atoms with Crippen LogP contribution >= 0.6 is 0 Å². The fourth-order valence-corrected chi connectivity index (χ4v) is 2.48. The number of hydrogen-bond donors (Lipinski definition) is 3. The highest BCUT2D eigenvalue weighted by atomic mass is 16.2. The fourth-order valence-electron chi connectivity index (χ4n) is 2.48. The van der Waals surface area contributed by atoms with Crippen LogP contribution in [0.15, 0.2) is 0 Å². The van der Waals surface area contributed by atoms with Crippen LogP contribution in [0.25, 0.3) is 0 Å². The van der Waals surface area contributed by atoms with Gasteiger partial charge in [0.2, 0.25) is 0 Å². The van der Waals surface area contributed by atoms with E-state index in [0.717, 1.165) is 38.6 Å². The molecule has 5 heteroatoms. The molecular weight excluding hydrogens is 204 g/mol. The number of hydrogen-bond acceptors (Lipinski definition) is 3. The second-order valence-electron chi connectivity index (χ2n) is 4.63. The van der Waals surface area contributed by atoms with Crippen LogP contribution in [0.5, 0.6) is 0 Å². The van der Waals surface area contributed by atoms with Gasteiger partial charge in [-0.3, -0.25) is 10.3 Å². The van der Waals surface area contributed by atoms with Crippen molar-refractivity contribution in [1.29, 1.82) is 5.41 Å². The lowest BCUT2D eigenvalue weighted by Crippen LogP contribution is -2.61. The first-order chi connectivity index (χ1) is 7.55. The summed E-state index contributed by atoms with van der Waals surface area (Å²) >= 11 is 0. The molecule has 2 atom stereocenters. The Balaban J connectivity index is 2.86. The van der Waals surface area contributed by atoms with Crippen LogP contribution in [0.3, 0.4) is 0 Å². The Kier molecular flexibility index (Phi) is 4.29. The van der Waals surface area contributed by atoms with E-state index in [4.69, 9.17) is 11.1 Å². The van der Waals surface area contributed by atoms with Crippen molar-refractivity contribution >= 4 is 12.4 Å². The summed E-state index contributed by atoms with van der Waals surface area (Å²) in [5.74, 6) is 0. The predicted molar refractivity (Wildman–Crippen MR) is 64.5 cm³/mol. The van der Waals surface area contributed by atoms with Crippen molar-refractivity contribution < 1.29 is 4.79 Å². The minimum atomic E-state index is -0.528. The van der Waals surface area contributed by atoms with Crippen LogP contribution in [0.1, 0.15) is 39.5 Å². The van der Waals surface area contributed by atoms with Gasteiger partial charge in [0.1, 0.15) is 0 Å². The smallest absolute Gasteiger partial charge is 0.320 e. The molecule has 1 saturated heterocycles. The average Bonchev–Trinajstić information content (AvgIpc) is 2.23. The molecule has 0 spiro atoms. The zero-order valence-corrected chi connectivity index (χ0v) is 10.1. The monoisotopic (exact) mass is 226 g/mol. The summed E-state index contributed by atoms with van der Waals surface area (Å²) in [5.41, 5.74) is 5.04. The maximum absolute atomic E-state index is 11.4. The number of carbonyl (C=O) groups excluding carboxylic acids is 1. The van der Waals surface area contributed by atoms with E-state index in [1.165, 1.54) is 4.90 Å². The molecule has 1 aliphatic rings. The Morgan fingerprint density at radius 2 is 2.44 bits per heavy atom. The number of rotatable bonds is 4. The van der Waals surface area contributed by atoms with Gasteiger partial charge in [-0.1, -0.05) is 13.3 Å². The molecule has 0 aromatic rings. The molecule has 0 aliphatic carbocycles. The van der Waals surface area contributed by atoms with Crippen molar-refractivity contribution in [3.63, 3.8) is 0 Å². The molecule has 4 N–H and O–H groups in total. The quantitative estimate of drug-likeness (QED) is 0.498. The SMILES string of the molecule is CCC[C@]1(N(C=N)C(N)=O)CCC(C)NC1. The van der Waals surface area contributed by atoms with E-state index in [-0.39, 0.29) is 5.54 Å². The van der Waals surface area contributed by atoms with Crippen molar-refractivity contribution in [2.24, 2.45) is 5.73 Å². The van der Waals surface area contributed by atoms with E-state index in [1.807, 2.05) is 0 Å². The molecule has 92 valence electrons. The summed E-state index contributed by atoms with van der Waals surface area (Å²) in [4.78, 5) is 12.7. The van der Waals surface area contributed by atoms with Gasteiger partial charge in [-0.15, -0.1) is 0 Å². The predicted octanol–water partition coefficient (Wildman–Crippen LogP) is 1.28. The van der Waals surface area contributed by atoms with Gasteiger partial charge in [0.25, 0.3) is 0 Å². The summed E-state index contributed by atoms with van der Waals surface area (Å²) < 4.78 is 0. The van der Waals surface area contributed by atoms with E-state index >= 15 is 0 Å². The Morgan fingerprint density at radius 3 is 2.81 bits per heavy atom. The summed E-state index contributed by atoms with van der Waals surface area (Å²) in [6, 6.07) is -0.0507. The van der Waals surface area contributed by atoms with E-state index in [2.05, 4.69) is 19.2 Å². The summed E-state index contributed by atoms with van der Waals surface area (Å²) in [7, 11) is 0. The normalized spacial score (nSPS) is 29.8. The van der Waals surface area contributed by atoms with Crippen LogP contribution in [0.2, 0.25) is 0 Å². The average molecular weight is 226 g/mol. The second kappa shape index (κ2) is 5.30. The number of urea groups is 1. The van der Waals surface area contributed by atoms with Crippen LogP contribution in [0, 0.1) is 5.41 Å². The number of nitrogens with zero attached hydrogens (tertiary/aromatic N) is 1. The van der Waals surface area contributed by atoms with Crippen LogP contribution < -0.4 is 11.1 Å². The second-order valence-corrected chi connectivity index (χ2v) is 4.63. The number of nitrogens with two attached hydrogens (primary N) is 1. The molecule has 0 bridgehead atoms. The maximum Gasteiger partial charge on any atom is 0.320 e. The molecule has 1 rings (SSSR count). The fraction of sp³-hybridized carbons (Fsp3) is 0.818. The number of carbonyl (C=O) groups is 1. The zero-order chi connectivity index (χ0) is 12.2. The van der Waals surface area contributed by atoms with E-state index in [1.54, 1.807) is 0 Å². The third kappa shape index (κ3) is 2.52. The lowest BCUT2D eigenvalue weighted by molar-refractivity contribution is 0.126. The maximum atomic E-state index is 11.4. The van der Waals surface area contributed by atoms with Gasteiger partial charge in [-0.05, 0) is 26.2 Å². The van der Waals surface area contributed by atoms with Gasteiger partial charge in [-0.2, -0.15) is 0 Å². The molecule has 5 nitrogen and oxygen atoms in total. The molecule has 1 heterocycles. The summed E-state index contributed by atoms with van der Waals surface area (Å²) in [6.45, 7) is 4.94. The van der Waals surface area contributed by atoms with E-state index in [9.17, 15) is 4.79 Å². The number of amides is 2. The molecular formula is C11H22N4O. The zero-order valence-electron chi connectivity index (χ0n) is 10.1. The van der Waals surface area contributed by atoms with Crippen LogP contribution in [0.4, 0.5) is 4.79 Å². The van der Waals surface area contributed by atoms with Gasteiger partial charge in [0.05, 0.1) is 11.9 Å². The molecule has 16 heavy (non-hydrogen) atoms. The molecule has 1 unspecified atom stereocenters. The number of primary amides is 1. The first-order valence-corrected chi connectivity index (χ1v) is 5.88. The summed E-state index contributed by atoms with van der Waals surface area (Å²) in [5, 5.41) is 10.7.